The van der Waals surface area contributed by atoms with Crippen molar-refractivity contribution >= 4 is 0 Å². The Labute approximate surface area is 79.8 Å². The molecule has 62 valence electrons. The zero-order valence-corrected chi connectivity index (χ0v) is 7.76. The van der Waals surface area contributed by atoms with Crippen molar-refractivity contribution in [1.29, 1.82) is 0 Å². The second kappa shape index (κ2) is 9.52. The van der Waals surface area contributed by atoms with E-state index in [0.717, 1.165) is 0 Å². The van der Waals surface area contributed by atoms with Crippen molar-refractivity contribution in [2.24, 2.45) is 0 Å². The van der Waals surface area contributed by atoms with E-state index < -0.39 is 0 Å². The fraction of sp³-hybridized carbons (Fsp3) is 0.750. The molecule has 0 fully saturated rings. The van der Waals surface area contributed by atoms with E-state index in [-0.39, 0.29) is 28.9 Å². The summed E-state index contributed by atoms with van der Waals surface area (Å²) < 4.78 is 0. The van der Waals surface area contributed by atoms with E-state index in [4.69, 9.17) is 0 Å². The van der Waals surface area contributed by atoms with Crippen LogP contribution in [0.2, 0.25) is 0 Å². The Morgan fingerprint density at radius 1 is 1.00 bits per heavy atom. The van der Waals surface area contributed by atoms with Gasteiger partial charge in [0.2, 0.25) is 0 Å². The van der Waals surface area contributed by atoms with Gasteiger partial charge in [0.1, 0.15) is 0 Å². The average Bonchev–Trinajstić information content (AvgIpc) is 1.62. The van der Waals surface area contributed by atoms with Gasteiger partial charge in [0, 0.05) is 0 Å². The van der Waals surface area contributed by atoms with Gasteiger partial charge in [-0.05, 0) is 0 Å². The van der Waals surface area contributed by atoms with Crippen LogP contribution in [0, 0.1) is 6.08 Å². The zero-order chi connectivity index (χ0) is 5.66. The Balaban J connectivity index is 0. The van der Waals surface area contributed by atoms with Crippen molar-refractivity contribution in [3.63, 3.8) is 0 Å². The van der Waals surface area contributed by atoms with E-state index in [1.807, 2.05) is 0 Å². The molecule has 10 heavy (non-hydrogen) atoms. The maximum Gasteiger partial charge on any atom is 2.00 e. The summed E-state index contributed by atoms with van der Waals surface area (Å²) in [6, 6.07) is 0. The molecule has 0 aromatic carbocycles. The first-order valence-corrected chi connectivity index (χ1v) is 3.55. The minimum atomic E-state index is 0. The number of hydrogen-bond acceptors (Lipinski definition) is 0. The SMILES string of the molecule is [C-]1=CCCCCCC1.[Cl-].[Ni+2]. The predicted molar refractivity (Wildman–Crippen MR) is 35.5 cm³/mol. The molecule has 0 saturated heterocycles. The van der Waals surface area contributed by atoms with Crippen molar-refractivity contribution in [3.8, 4) is 0 Å². The summed E-state index contributed by atoms with van der Waals surface area (Å²) in [5, 5.41) is 0. The minimum absolute atomic E-state index is 0. The van der Waals surface area contributed by atoms with Crippen LogP contribution in [0.15, 0.2) is 6.08 Å². The molecule has 0 spiro atoms. The topological polar surface area (TPSA) is 0 Å². The van der Waals surface area contributed by atoms with Gasteiger partial charge in [0.25, 0.3) is 0 Å². The van der Waals surface area contributed by atoms with E-state index in [1.54, 1.807) is 0 Å². The largest absolute Gasteiger partial charge is 2.00 e. The minimum Gasteiger partial charge on any atom is -1.00 e. The van der Waals surface area contributed by atoms with Crippen LogP contribution in [0.25, 0.3) is 0 Å². The molecule has 1 aliphatic carbocycles. The summed E-state index contributed by atoms with van der Waals surface area (Å²) in [7, 11) is 0. The van der Waals surface area contributed by atoms with Gasteiger partial charge in [-0.2, -0.15) is 6.42 Å². The molecule has 0 N–H and O–H groups in total. The monoisotopic (exact) mass is 202 g/mol. The van der Waals surface area contributed by atoms with Gasteiger partial charge in [0.05, 0.1) is 0 Å². The van der Waals surface area contributed by atoms with Crippen molar-refractivity contribution in [2.45, 2.75) is 38.5 Å². The molecule has 1 aliphatic rings. The summed E-state index contributed by atoms with van der Waals surface area (Å²) in [5.41, 5.74) is 0. The molecule has 1 rings (SSSR count). The molecule has 2 heteroatoms. The van der Waals surface area contributed by atoms with E-state index in [2.05, 4.69) is 12.2 Å². The number of halogens is 1. The predicted octanol–water partition coefficient (Wildman–Crippen LogP) is -0.299. The summed E-state index contributed by atoms with van der Waals surface area (Å²) in [6.45, 7) is 0. The number of hydrogen-bond donors (Lipinski definition) is 0. The van der Waals surface area contributed by atoms with Gasteiger partial charge in [0.15, 0.2) is 0 Å². The van der Waals surface area contributed by atoms with Crippen LogP contribution < -0.4 is 12.4 Å². The van der Waals surface area contributed by atoms with Crippen LogP contribution in [-0.4, -0.2) is 0 Å². The molecule has 0 aromatic rings. The Kier molecular flexibility index (Phi) is 12.5. The fourth-order valence-corrected chi connectivity index (χ4v) is 1.03. The molecular formula is C8H13ClNi. The van der Waals surface area contributed by atoms with Crippen LogP contribution in [0.1, 0.15) is 38.5 Å². The molecule has 0 aromatic heterocycles. The second-order valence-electron chi connectivity index (χ2n) is 2.36. The van der Waals surface area contributed by atoms with Crippen LogP contribution in [0.5, 0.6) is 0 Å². The Hall–Kier alpha value is 0.524. The molecule has 0 amide bonds. The van der Waals surface area contributed by atoms with E-state index in [0.29, 0.717) is 0 Å². The third kappa shape index (κ3) is 6.64. The molecule has 0 unspecified atom stereocenters. The standard InChI is InChI=1S/C8H13.ClH.Ni/c1-2-4-6-8-7-5-3-1;;/h1H,2,4-8H2;1H;/q-1;;+2/p-1. The Bertz CT molecular complexity index is 71.3. The molecule has 0 aliphatic heterocycles. The quantitative estimate of drug-likeness (QED) is 0.375. The van der Waals surface area contributed by atoms with Crippen LogP contribution >= 0.6 is 0 Å². The van der Waals surface area contributed by atoms with Crippen molar-refractivity contribution < 1.29 is 28.9 Å². The molecule has 0 atom stereocenters. The van der Waals surface area contributed by atoms with Crippen molar-refractivity contribution in [3.05, 3.63) is 12.2 Å². The van der Waals surface area contributed by atoms with Gasteiger partial charge in [-0.15, -0.1) is 0 Å². The molecule has 0 nitrogen and oxygen atoms in total. The van der Waals surface area contributed by atoms with Gasteiger partial charge in [-0.25, -0.2) is 0 Å². The van der Waals surface area contributed by atoms with E-state index >= 15 is 0 Å². The smallest absolute Gasteiger partial charge is 1.00 e. The average molecular weight is 203 g/mol. The van der Waals surface area contributed by atoms with Gasteiger partial charge < -0.3 is 18.5 Å². The van der Waals surface area contributed by atoms with Crippen molar-refractivity contribution in [1.82, 2.24) is 0 Å². The van der Waals surface area contributed by atoms with Crippen LogP contribution in [-0.2, 0) is 16.5 Å². The first-order chi connectivity index (χ1) is 4.00. The summed E-state index contributed by atoms with van der Waals surface area (Å²) in [5.74, 6) is 0. The van der Waals surface area contributed by atoms with E-state index in [1.165, 1.54) is 38.5 Å². The van der Waals surface area contributed by atoms with E-state index in [9.17, 15) is 0 Å². The number of allylic oxidation sites excluding steroid dienone is 2. The van der Waals surface area contributed by atoms with Crippen LogP contribution in [0.4, 0.5) is 0 Å². The summed E-state index contributed by atoms with van der Waals surface area (Å²) >= 11 is 0. The fourth-order valence-electron chi connectivity index (χ4n) is 1.03. The van der Waals surface area contributed by atoms with Crippen LogP contribution in [0.3, 0.4) is 0 Å². The first kappa shape index (κ1) is 13.1. The van der Waals surface area contributed by atoms with Gasteiger partial charge in [-0.1, -0.05) is 32.1 Å². The van der Waals surface area contributed by atoms with Crippen molar-refractivity contribution in [2.75, 3.05) is 0 Å². The van der Waals surface area contributed by atoms with Gasteiger partial charge in [-0.3, -0.25) is 6.08 Å². The third-order valence-corrected chi connectivity index (χ3v) is 1.56. The molecule has 0 bridgehead atoms. The third-order valence-electron chi connectivity index (χ3n) is 1.56. The normalized spacial score (nSPS) is 17.6. The molecular weight excluding hydrogens is 190 g/mol. The number of rotatable bonds is 0. The molecule has 0 radical (unpaired) electrons. The maximum absolute atomic E-state index is 3.26. The summed E-state index contributed by atoms with van der Waals surface area (Å²) in [4.78, 5) is 0. The first-order valence-electron chi connectivity index (χ1n) is 3.55. The molecule has 0 saturated carbocycles. The Morgan fingerprint density at radius 2 is 1.70 bits per heavy atom. The molecule has 0 heterocycles. The Morgan fingerprint density at radius 3 is 2.50 bits per heavy atom. The zero-order valence-electron chi connectivity index (χ0n) is 6.01. The summed E-state index contributed by atoms with van der Waals surface area (Å²) in [6.07, 6.45) is 13.5. The maximum atomic E-state index is 3.26. The van der Waals surface area contributed by atoms with Gasteiger partial charge >= 0.3 is 16.5 Å². The second-order valence-corrected chi connectivity index (χ2v) is 2.36.